The lowest BCUT2D eigenvalue weighted by molar-refractivity contribution is -0.190. The molecule has 6 nitrogen and oxygen atoms in total. The van der Waals surface area contributed by atoms with Crippen LogP contribution in [0.3, 0.4) is 0 Å². The Labute approximate surface area is 213 Å². The first-order chi connectivity index (χ1) is 17.0. The maximum Gasteiger partial charge on any atom is 0.329 e. The lowest BCUT2D eigenvalue weighted by atomic mass is 9.86. The highest BCUT2D eigenvalue weighted by Crippen LogP contribution is 2.32. The standard InChI is InChI=1S/C29H49NO5/c1-5-8-10-12-13-14-15-16-17-19-24(34-29(33)27(30-22-31)23(4)7-3)21-26-25(28(32)35-26)20-18-11-9-6-2/h2,22-27H,5,7-21H2,1,3-4H3,(H,30,31)/t23?,24-,25-,26-,27-/m1/s1. The van der Waals surface area contributed by atoms with E-state index in [1.165, 1.54) is 44.9 Å². The minimum absolute atomic E-state index is 0.0218. The number of carbonyl (C=O) groups excluding carboxylic acids is 3. The molecule has 0 aromatic heterocycles. The number of nitrogens with one attached hydrogen (secondary N) is 1. The van der Waals surface area contributed by atoms with E-state index in [1.54, 1.807) is 0 Å². The van der Waals surface area contributed by atoms with Gasteiger partial charge in [-0.15, -0.1) is 12.3 Å². The van der Waals surface area contributed by atoms with Crippen LogP contribution in [0.4, 0.5) is 0 Å². The fraction of sp³-hybridized carbons (Fsp3) is 0.828. The molecule has 1 aliphatic heterocycles. The predicted octanol–water partition coefficient (Wildman–Crippen LogP) is 6.11. The lowest BCUT2D eigenvalue weighted by Gasteiger charge is -2.37. The number of hydrogen-bond donors (Lipinski definition) is 1. The molecule has 0 radical (unpaired) electrons. The van der Waals surface area contributed by atoms with Gasteiger partial charge in [0.1, 0.15) is 18.2 Å². The third kappa shape index (κ3) is 12.5. The van der Waals surface area contributed by atoms with Gasteiger partial charge in [0, 0.05) is 12.8 Å². The Bertz CT molecular complexity index is 643. The topological polar surface area (TPSA) is 81.7 Å². The first-order valence-electron chi connectivity index (χ1n) is 14.0. The zero-order valence-corrected chi connectivity index (χ0v) is 22.4. The molecule has 1 unspecified atom stereocenters. The molecule has 0 saturated carbocycles. The molecule has 1 saturated heterocycles. The molecular formula is C29H49NO5. The monoisotopic (exact) mass is 491 g/mol. The number of cyclic esters (lactones) is 1. The molecule has 0 aliphatic carbocycles. The van der Waals surface area contributed by atoms with Gasteiger partial charge in [0.05, 0.1) is 5.92 Å². The largest absolute Gasteiger partial charge is 0.461 e. The smallest absolute Gasteiger partial charge is 0.329 e. The zero-order valence-electron chi connectivity index (χ0n) is 22.4. The Morgan fingerprint density at radius 2 is 1.74 bits per heavy atom. The molecule has 35 heavy (non-hydrogen) atoms. The fourth-order valence-corrected chi connectivity index (χ4v) is 4.68. The number of rotatable bonds is 22. The Kier molecular flexibility index (Phi) is 17.0. The molecule has 200 valence electrons. The van der Waals surface area contributed by atoms with Gasteiger partial charge < -0.3 is 14.8 Å². The van der Waals surface area contributed by atoms with Gasteiger partial charge in [-0.1, -0.05) is 85.0 Å². The number of hydrogen-bond acceptors (Lipinski definition) is 5. The summed E-state index contributed by atoms with van der Waals surface area (Å²) in [5.41, 5.74) is 0. The summed E-state index contributed by atoms with van der Waals surface area (Å²) < 4.78 is 11.4. The van der Waals surface area contributed by atoms with Crippen LogP contribution in [0.15, 0.2) is 0 Å². The van der Waals surface area contributed by atoms with Gasteiger partial charge in [-0.3, -0.25) is 9.59 Å². The quantitative estimate of drug-likeness (QED) is 0.0856. The molecule has 0 aromatic rings. The van der Waals surface area contributed by atoms with Crippen molar-refractivity contribution < 1.29 is 23.9 Å². The van der Waals surface area contributed by atoms with Crippen LogP contribution >= 0.6 is 0 Å². The van der Waals surface area contributed by atoms with Gasteiger partial charge in [-0.05, 0) is 31.6 Å². The molecular weight excluding hydrogens is 442 g/mol. The summed E-state index contributed by atoms with van der Waals surface area (Å²) in [6, 6.07) is -0.661. The van der Waals surface area contributed by atoms with Crippen molar-refractivity contribution in [1.29, 1.82) is 0 Å². The normalized spacial score (nSPS) is 19.5. The molecule has 1 N–H and O–H groups in total. The van der Waals surface area contributed by atoms with Crippen LogP contribution in [-0.4, -0.2) is 36.6 Å². The molecule has 0 aromatic carbocycles. The molecule has 1 rings (SSSR count). The highest BCUT2D eigenvalue weighted by Gasteiger charge is 2.43. The molecule has 6 heteroatoms. The minimum atomic E-state index is -0.661. The Balaban J connectivity index is 2.60. The van der Waals surface area contributed by atoms with E-state index < -0.39 is 12.0 Å². The molecule has 1 amide bonds. The summed E-state index contributed by atoms with van der Waals surface area (Å²) in [5, 5.41) is 2.62. The van der Waals surface area contributed by atoms with E-state index in [9.17, 15) is 14.4 Å². The minimum Gasteiger partial charge on any atom is -0.461 e. The SMILES string of the molecule is C#CCCCC[C@H]1C(=O)O[C@@H]1C[C@@H](CCCCCCCCCCC)OC(=O)[C@H](NC=O)C(C)CC. The third-order valence-electron chi connectivity index (χ3n) is 7.23. The number of ether oxygens (including phenoxy) is 2. The molecule has 5 atom stereocenters. The van der Waals surface area contributed by atoms with Gasteiger partial charge in [-0.25, -0.2) is 4.79 Å². The van der Waals surface area contributed by atoms with E-state index in [-0.39, 0.29) is 30.0 Å². The van der Waals surface area contributed by atoms with Crippen molar-refractivity contribution in [2.45, 2.75) is 142 Å². The summed E-state index contributed by atoms with van der Waals surface area (Å²) in [6.45, 7) is 6.14. The van der Waals surface area contributed by atoms with E-state index in [1.807, 2.05) is 13.8 Å². The lowest BCUT2D eigenvalue weighted by Crippen LogP contribution is -2.48. The predicted molar refractivity (Wildman–Crippen MR) is 139 cm³/mol. The van der Waals surface area contributed by atoms with Gasteiger partial charge >= 0.3 is 11.9 Å². The van der Waals surface area contributed by atoms with Crippen LogP contribution in [0.25, 0.3) is 0 Å². The maximum atomic E-state index is 12.9. The van der Waals surface area contributed by atoms with E-state index in [0.29, 0.717) is 19.3 Å². The van der Waals surface area contributed by atoms with E-state index in [4.69, 9.17) is 15.9 Å². The highest BCUT2D eigenvalue weighted by atomic mass is 16.6. The van der Waals surface area contributed by atoms with Crippen LogP contribution < -0.4 is 5.32 Å². The van der Waals surface area contributed by atoms with Crippen molar-refractivity contribution in [3.05, 3.63) is 0 Å². The van der Waals surface area contributed by atoms with Gasteiger partial charge in [0.25, 0.3) is 0 Å². The first kappa shape index (κ1) is 31.0. The van der Waals surface area contributed by atoms with Crippen LogP contribution in [0.2, 0.25) is 0 Å². The average Bonchev–Trinajstić information content (AvgIpc) is 2.85. The molecule has 1 heterocycles. The van der Waals surface area contributed by atoms with Crippen molar-refractivity contribution >= 4 is 18.3 Å². The molecule has 1 fully saturated rings. The average molecular weight is 492 g/mol. The second-order valence-corrected chi connectivity index (χ2v) is 10.1. The van der Waals surface area contributed by atoms with Gasteiger partial charge in [0.15, 0.2) is 0 Å². The second kappa shape index (κ2) is 19.2. The number of unbranched alkanes of at least 4 members (excludes halogenated alkanes) is 10. The summed E-state index contributed by atoms with van der Waals surface area (Å²) >= 11 is 0. The van der Waals surface area contributed by atoms with Crippen LogP contribution in [0, 0.1) is 24.2 Å². The summed E-state index contributed by atoms with van der Waals surface area (Å²) in [4.78, 5) is 36.0. The van der Waals surface area contributed by atoms with E-state index >= 15 is 0 Å². The number of carbonyl (C=O) groups is 3. The third-order valence-corrected chi connectivity index (χ3v) is 7.23. The summed E-state index contributed by atoms with van der Waals surface area (Å²) in [7, 11) is 0. The maximum absolute atomic E-state index is 12.9. The van der Waals surface area contributed by atoms with Gasteiger partial charge in [0.2, 0.25) is 6.41 Å². The Morgan fingerprint density at radius 1 is 1.09 bits per heavy atom. The van der Waals surface area contributed by atoms with Crippen molar-refractivity contribution in [2.24, 2.45) is 11.8 Å². The Morgan fingerprint density at radius 3 is 2.31 bits per heavy atom. The van der Waals surface area contributed by atoms with Crippen molar-refractivity contribution in [3.63, 3.8) is 0 Å². The van der Waals surface area contributed by atoms with Crippen LogP contribution in [0.1, 0.15) is 124 Å². The Hall–Kier alpha value is -2.03. The molecule has 0 spiro atoms. The van der Waals surface area contributed by atoms with Gasteiger partial charge in [-0.2, -0.15) is 0 Å². The number of amides is 1. The molecule has 1 aliphatic rings. The number of esters is 2. The van der Waals surface area contributed by atoms with Crippen LogP contribution in [-0.2, 0) is 23.9 Å². The highest BCUT2D eigenvalue weighted by molar-refractivity contribution is 5.79. The zero-order chi connectivity index (χ0) is 25.9. The van der Waals surface area contributed by atoms with E-state index in [2.05, 4.69) is 18.2 Å². The second-order valence-electron chi connectivity index (χ2n) is 10.1. The van der Waals surface area contributed by atoms with Crippen molar-refractivity contribution in [2.75, 3.05) is 0 Å². The fourth-order valence-electron chi connectivity index (χ4n) is 4.68. The van der Waals surface area contributed by atoms with E-state index in [0.717, 1.165) is 44.9 Å². The van der Waals surface area contributed by atoms with Crippen LogP contribution in [0.5, 0.6) is 0 Å². The molecule has 0 bridgehead atoms. The van der Waals surface area contributed by atoms with Crippen molar-refractivity contribution in [3.8, 4) is 12.3 Å². The number of terminal acetylenes is 1. The summed E-state index contributed by atoms with van der Waals surface area (Å²) in [5.74, 6) is 1.91. The first-order valence-corrected chi connectivity index (χ1v) is 14.0. The van der Waals surface area contributed by atoms with Crippen molar-refractivity contribution in [1.82, 2.24) is 5.32 Å². The summed E-state index contributed by atoms with van der Waals surface area (Å²) in [6.07, 6.45) is 21.6.